The number of carboxylic acid groups (broad SMARTS) is 1. The van der Waals surface area contributed by atoms with Gasteiger partial charge in [-0.1, -0.05) is 6.92 Å². The third-order valence-electron chi connectivity index (χ3n) is 3.24. The molecule has 1 amide bonds. The maximum Gasteiger partial charge on any atom is 0.337 e. The van der Waals surface area contributed by atoms with Gasteiger partial charge in [0.2, 0.25) is 5.91 Å². The summed E-state index contributed by atoms with van der Waals surface area (Å²) in [5, 5.41) is 11.5. The quantitative estimate of drug-likeness (QED) is 0.759. The van der Waals surface area contributed by atoms with E-state index >= 15 is 0 Å². The van der Waals surface area contributed by atoms with E-state index in [0.717, 1.165) is 12.1 Å². The average molecular weight is 268 g/mol. The van der Waals surface area contributed by atoms with Crippen molar-refractivity contribution >= 4 is 17.6 Å². The molecule has 19 heavy (non-hydrogen) atoms. The summed E-state index contributed by atoms with van der Waals surface area (Å²) < 4.78 is 13.0. The van der Waals surface area contributed by atoms with Crippen LogP contribution < -0.4 is 11.1 Å². The van der Waals surface area contributed by atoms with Crippen LogP contribution in [0, 0.1) is 11.2 Å². The molecular weight excluding hydrogens is 251 g/mol. The van der Waals surface area contributed by atoms with Crippen molar-refractivity contribution in [3.8, 4) is 0 Å². The van der Waals surface area contributed by atoms with E-state index in [0.29, 0.717) is 6.42 Å². The predicted molar refractivity (Wildman–Crippen MR) is 69.4 cm³/mol. The highest BCUT2D eigenvalue weighted by atomic mass is 19.1. The van der Waals surface area contributed by atoms with E-state index in [1.165, 1.54) is 6.07 Å². The van der Waals surface area contributed by atoms with E-state index in [4.69, 9.17) is 10.8 Å². The van der Waals surface area contributed by atoms with Gasteiger partial charge in [0, 0.05) is 6.54 Å². The van der Waals surface area contributed by atoms with Crippen molar-refractivity contribution in [1.82, 2.24) is 0 Å². The Morgan fingerprint density at radius 1 is 1.47 bits per heavy atom. The van der Waals surface area contributed by atoms with Gasteiger partial charge in [-0.2, -0.15) is 0 Å². The molecule has 1 atom stereocenters. The number of aromatic carboxylic acids is 1. The number of anilines is 1. The van der Waals surface area contributed by atoms with Crippen LogP contribution in [0.4, 0.5) is 10.1 Å². The fourth-order valence-corrected chi connectivity index (χ4v) is 1.47. The number of hydrogen-bond acceptors (Lipinski definition) is 3. The molecular formula is C13H17FN2O3. The van der Waals surface area contributed by atoms with Crippen LogP contribution in [0.2, 0.25) is 0 Å². The molecule has 0 bridgehead atoms. The van der Waals surface area contributed by atoms with Crippen molar-refractivity contribution in [2.24, 2.45) is 11.1 Å². The van der Waals surface area contributed by atoms with Gasteiger partial charge in [-0.15, -0.1) is 0 Å². The Bertz CT molecular complexity index is 499. The van der Waals surface area contributed by atoms with Crippen molar-refractivity contribution in [2.45, 2.75) is 20.3 Å². The SMILES string of the molecule is CCC(C)(CN)C(=O)Nc1ccc(F)cc1C(=O)O. The van der Waals surface area contributed by atoms with Crippen molar-refractivity contribution < 1.29 is 19.1 Å². The Morgan fingerprint density at radius 2 is 2.11 bits per heavy atom. The highest BCUT2D eigenvalue weighted by Gasteiger charge is 2.30. The molecule has 0 aliphatic rings. The number of amides is 1. The Hall–Kier alpha value is -1.95. The standard InChI is InChI=1S/C13H17FN2O3/c1-3-13(2,7-15)12(19)16-10-5-4-8(14)6-9(10)11(17)18/h4-6H,3,7,15H2,1-2H3,(H,16,19)(H,17,18). The topological polar surface area (TPSA) is 92.4 Å². The third-order valence-corrected chi connectivity index (χ3v) is 3.24. The number of hydrogen-bond donors (Lipinski definition) is 3. The number of rotatable bonds is 5. The van der Waals surface area contributed by atoms with Crippen LogP contribution in [0.1, 0.15) is 30.6 Å². The molecule has 1 aromatic rings. The Morgan fingerprint density at radius 3 is 2.58 bits per heavy atom. The predicted octanol–water partition coefficient (Wildman–Crippen LogP) is 1.84. The molecule has 0 saturated carbocycles. The van der Waals surface area contributed by atoms with E-state index in [1.807, 2.05) is 6.92 Å². The highest BCUT2D eigenvalue weighted by Crippen LogP contribution is 2.24. The van der Waals surface area contributed by atoms with E-state index in [2.05, 4.69) is 5.32 Å². The largest absolute Gasteiger partial charge is 0.478 e. The van der Waals surface area contributed by atoms with Gasteiger partial charge >= 0.3 is 5.97 Å². The minimum absolute atomic E-state index is 0.0621. The monoisotopic (exact) mass is 268 g/mol. The summed E-state index contributed by atoms with van der Waals surface area (Å²) in [4.78, 5) is 23.1. The zero-order chi connectivity index (χ0) is 14.6. The van der Waals surface area contributed by atoms with Crippen molar-refractivity contribution in [3.63, 3.8) is 0 Å². The van der Waals surface area contributed by atoms with Gasteiger partial charge in [-0.3, -0.25) is 4.79 Å². The molecule has 0 aromatic heterocycles. The minimum atomic E-state index is -1.30. The average Bonchev–Trinajstić information content (AvgIpc) is 2.39. The highest BCUT2D eigenvalue weighted by molar-refractivity contribution is 6.02. The second-order valence-corrected chi connectivity index (χ2v) is 4.57. The molecule has 0 spiro atoms. The Labute approximate surface area is 110 Å². The molecule has 1 rings (SSSR count). The van der Waals surface area contributed by atoms with Crippen LogP contribution in [0.15, 0.2) is 18.2 Å². The molecule has 0 fully saturated rings. The van der Waals surface area contributed by atoms with Crippen LogP contribution in [0.25, 0.3) is 0 Å². The van der Waals surface area contributed by atoms with Crippen LogP contribution in [0.5, 0.6) is 0 Å². The Kier molecular flexibility index (Phi) is 4.61. The zero-order valence-corrected chi connectivity index (χ0v) is 10.9. The first-order valence-corrected chi connectivity index (χ1v) is 5.88. The first-order chi connectivity index (χ1) is 8.84. The second-order valence-electron chi connectivity index (χ2n) is 4.57. The van der Waals surface area contributed by atoms with Gasteiger partial charge in [0.25, 0.3) is 0 Å². The van der Waals surface area contributed by atoms with Gasteiger partial charge in [-0.05, 0) is 31.5 Å². The fourth-order valence-electron chi connectivity index (χ4n) is 1.47. The number of benzene rings is 1. The van der Waals surface area contributed by atoms with E-state index < -0.39 is 17.2 Å². The lowest BCUT2D eigenvalue weighted by atomic mass is 9.86. The molecule has 0 saturated heterocycles. The van der Waals surface area contributed by atoms with Crippen molar-refractivity contribution in [3.05, 3.63) is 29.6 Å². The number of carbonyl (C=O) groups is 2. The van der Waals surface area contributed by atoms with Crippen LogP contribution in [-0.4, -0.2) is 23.5 Å². The summed E-state index contributed by atoms with van der Waals surface area (Å²) in [5.74, 6) is -2.36. The van der Waals surface area contributed by atoms with E-state index in [9.17, 15) is 14.0 Å². The second kappa shape index (κ2) is 5.79. The maximum absolute atomic E-state index is 13.0. The zero-order valence-electron chi connectivity index (χ0n) is 10.9. The number of halogens is 1. The Balaban J connectivity index is 3.06. The smallest absolute Gasteiger partial charge is 0.337 e. The summed E-state index contributed by atoms with van der Waals surface area (Å²) in [6.07, 6.45) is 0.513. The summed E-state index contributed by atoms with van der Waals surface area (Å²) in [7, 11) is 0. The number of carboxylic acids is 1. The lowest BCUT2D eigenvalue weighted by Crippen LogP contribution is -2.39. The maximum atomic E-state index is 13.0. The lowest BCUT2D eigenvalue weighted by molar-refractivity contribution is -0.124. The molecule has 6 heteroatoms. The minimum Gasteiger partial charge on any atom is -0.478 e. The van der Waals surface area contributed by atoms with Crippen LogP contribution >= 0.6 is 0 Å². The fraction of sp³-hybridized carbons (Fsp3) is 0.385. The van der Waals surface area contributed by atoms with Gasteiger partial charge in [0.05, 0.1) is 16.7 Å². The number of carbonyl (C=O) groups excluding carboxylic acids is 1. The van der Waals surface area contributed by atoms with Gasteiger partial charge < -0.3 is 16.2 Å². The molecule has 4 N–H and O–H groups in total. The van der Waals surface area contributed by atoms with Crippen molar-refractivity contribution in [1.29, 1.82) is 0 Å². The molecule has 0 radical (unpaired) electrons. The van der Waals surface area contributed by atoms with Crippen LogP contribution in [-0.2, 0) is 4.79 Å². The van der Waals surface area contributed by atoms with Gasteiger partial charge in [0.1, 0.15) is 5.82 Å². The number of nitrogens with two attached hydrogens (primary N) is 1. The molecule has 0 heterocycles. The third kappa shape index (κ3) is 3.29. The molecule has 0 aliphatic heterocycles. The van der Waals surface area contributed by atoms with Crippen LogP contribution in [0.3, 0.4) is 0 Å². The lowest BCUT2D eigenvalue weighted by Gasteiger charge is -2.25. The summed E-state index contributed by atoms with van der Waals surface area (Å²) in [6, 6.07) is 3.18. The van der Waals surface area contributed by atoms with E-state index in [-0.39, 0.29) is 23.7 Å². The molecule has 0 aliphatic carbocycles. The van der Waals surface area contributed by atoms with Crippen molar-refractivity contribution in [2.75, 3.05) is 11.9 Å². The summed E-state index contributed by atoms with van der Waals surface area (Å²) >= 11 is 0. The van der Waals surface area contributed by atoms with Gasteiger partial charge in [-0.25, -0.2) is 9.18 Å². The summed E-state index contributed by atoms with van der Waals surface area (Å²) in [5.41, 5.74) is 4.54. The van der Waals surface area contributed by atoms with E-state index in [1.54, 1.807) is 6.92 Å². The molecule has 1 aromatic carbocycles. The first kappa shape index (κ1) is 15.1. The first-order valence-electron chi connectivity index (χ1n) is 5.88. The van der Waals surface area contributed by atoms with Gasteiger partial charge in [0.15, 0.2) is 0 Å². The molecule has 1 unspecified atom stereocenters. The summed E-state index contributed by atoms with van der Waals surface area (Å²) in [6.45, 7) is 3.64. The number of nitrogens with one attached hydrogen (secondary N) is 1. The molecule has 5 nitrogen and oxygen atoms in total. The normalized spacial score (nSPS) is 13.7. The molecule has 104 valence electrons.